The summed E-state index contributed by atoms with van der Waals surface area (Å²) >= 11 is 0. The van der Waals surface area contributed by atoms with Crippen molar-refractivity contribution in [3.8, 4) is 5.69 Å². The molecule has 1 heterocycles. The molecule has 0 aliphatic carbocycles. The first kappa shape index (κ1) is 14.9. The van der Waals surface area contributed by atoms with Crippen LogP contribution < -0.4 is 0 Å². The number of carbonyl (C=O) groups excluding carboxylic acids is 1. The van der Waals surface area contributed by atoms with Crippen molar-refractivity contribution in [1.82, 2.24) is 15.0 Å². The largest absolute Gasteiger partial charge is 0.296 e. The lowest BCUT2D eigenvalue weighted by molar-refractivity contribution is 0.111. The summed E-state index contributed by atoms with van der Waals surface area (Å²) in [5, 5.41) is 8.11. The van der Waals surface area contributed by atoms with Gasteiger partial charge in [-0.25, -0.2) is 4.68 Å². The van der Waals surface area contributed by atoms with Crippen LogP contribution in [0.5, 0.6) is 0 Å². The number of aryl methyl sites for hydroxylation is 2. The van der Waals surface area contributed by atoms with Gasteiger partial charge in [-0.05, 0) is 48.7 Å². The van der Waals surface area contributed by atoms with Crippen LogP contribution in [0.15, 0.2) is 48.5 Å². The Morgan fingerprint density at radius 2 is 1.65 bits per heavy atom. The minimum Gasteiger partial charge on any atom is -0.296 e. The Morgan fingerprint density at radius 3 is 2.30 bits per heavy atom. The van der Waals surface area contributed by atoms with E-state index in [1.807, 2.05) is 68.5 Å². The SMILES string of the molecule is Cc1cc(C)cc(-n2nnc(C=O)c2/C=C/c2ccccc2)c1. The lowest BCUT2D eigenvalue weighted by atomic mass is 10.1. The van der Waals surface area contributed by atoms with Crippen LogP contribution in [-0.2, 0) is 0 Å². The molecule has 0 saturated heterocycles. The summed E-state index contributed by atoms with van der Waals surface area (Å²) in [4.78, 5) is 11.3. The van der Waals surface area contributed by atoms with E-state index < -0.39 is 0 Å². The molecule has 0 unspecified atom stereocenters. The number of aldehydes is 1. The number of nitrogens with zero attached hydrogens (tertiary/aromatic N) is 3. The Kier molecular flexibility index (Phi) is 4.15. The van der Waals surface area contributed by atoms with Crippen LogP contribution in [0.25, 0.3) is 17.8 Å². The van der Waals surface area contributed by atoms with Crippen molar-refractivity contribution in [2.45, 2.75) is 13.8 Å². The van der Waals surface area contributed by atoms with Crippen LogP contribution in [0.2, 0.25) is 0 Å². The molecule has 0 amide bonds. The molecule has 2 aromatic carbocycles. The molecule has 0 fully saturated rings. The zero-order valence-electron chi connectivity index (χ0n) is 13.1. The number of carbonyl (C=O) groups is 1. The van der Waals surface area contributed by atoms with E-state index in [2.05, 4.69) is 16.4 Å². The van der Waals surface area contributed by atoms with Gasteiger partial charge in [-0.15, -0.1) is 5.10 Å². The highest BCUT2D eigenvalue weighted by Crippen LogP contribution is 2.18. The first-order chi connectivity index (χ1) is 11.2. The molecule has 4 heteroatoms. The monoisotopic (exact) mass is 303 g/mol. The summed E-state index contributed by atoms with van der Waals surface area (Å²) < 4.78 is 1.70. The molecule has 0 radical (unpaired) electrons. The summed E-state index contributed by atoms with van der Waals surface area (Å²) in [5.74, 6) is 0. The second kappa shape index (κ2) is 6.40. The Hall–Kier alpha value is -3.01. The molecule has 0 atom stereocenters. The van der Waals surface area contributed by atoms with Gasteiger partial charge in [0.25, 0.3) is 0 Å². The Labute approximate surface area is 135 Å². The van der Waals surface area contributed by atoms with Gasteiger partial charge in [-0.3, -0.25) is 4.79 Å². The fourth-order valence-corrected chi connectivity index (χ4v) is 2.54. The van der Waals surface area contributed by atoms with Crippen LogP contribution >= 0.6 is 0 Å². The van der Waals surface area contributed by atoms with Gasteiger partial charge in [0.1, 0.15) is 0 Å². The lowest BCUT2D eigenvalue weighted by Crippen LogP contribution is -2.01. The smallest absolute Gasteiger partial charge is 0.172 e. The third-order valence-corrected chi connectivity index (χ3v) is 3.53. The van der Waals surface area contributed by atoms with Crippen LogP contribution in [0.1, 0.15) is 32.9 Å². The van der Waals surface area contributed by atoms with Crippen LogP contribution in [0.4, 0.5) is 0 Å². The highest BCUT2D eigenvalue weighted by molar-refractivity contribution is 5.81. The van der Waals surface area contributed by atoms with E-state index in [0.717, 1.165) is 28.7 Å². The Bertz CT molecular complexity index is 843. The average molecular weight is 303 g/mol. The van der Waals surface area contributed by atoms with Gasteiger partial charge >= 0.3 is 0 Å². The zero-order valence-corrected chi connectivity index (χ0v) is 13.1. The topological polar surface area (TPSA) is 47.8 Å². The molecule has 3 rings (SSSR count). The number of rotatable bonds is 4. The maximum Gasteiger partial charge on any atom is 0.172 e. The third kappa shape index (κ3) is 3.26. The van der Waals surface area contributed by atoms with Gasteiger partial charge in [-0.1, -0.05) is 47.7 Å². The molecule has 3 aromatic rings. The van der Waals surface area contributed by atoms with Crippen molar-refractivity contribution in [3.05, 3.63) is 76.6 Å². The fourth-order valence-electron chi connectivity index (χ4n) is 2.54. The summed E-state index contributed by atoms with van der Waals surface area (Å²) in [6.07, 6.45) is 4.55. The van der Waals surface area contributed by atoms with Gasteiger partial charge in [0.2, 0.25) is 0 Å². The molecule has 0 bridgehead atoms. The molecule has 1 aromatic heterocycles. The van der Waals surface area contributed by atoms with E-state index in [1.165, 1.54) is 0 Å². The molecular weight excluding hydrogens is 286 g/mol. The van der Waals surface area contributed by atoms with Gasteiger partial charge in [0.05, 0.1) is 11.4 Å². The molecule has 23 heavy (non-hydrogen) atoms. The van der Waals surface area contributed by atoms with E-state index >= 15 is 0 Å². The van der Waals surface area contributed by atoms with E-state index in [-0.39, 0.29) is 0 Å². The highest BCUT2D eigenvalue weighted by atomic mass is 16.1. The molecule has 0 N–H and O–H groups in total. The van der Waals surface area contributed by atoms with Crippen molar-refractivity contribution in [1.29, 1.82) is 0 Å². The molecule has 114 valence electrons. The van der Waals surface area contributed by atoms with Crippen molar-refractivity contribution >= 4 is 18.4 Å². The number of hydrogen-bond acceptors (Lipinski definition) is 3. The summed E-state index contributed by atoms with van der Waals surface area (Å²) in [5.41, 5.74) is 5.24. The minimum absolute atomic E-state index is 0.330. The molecule has 0 aliphatic heterocycles. The normalized spacial score (nSPS) is 11.0. The number of aromatic nitrogens is 3. The summed E-state index contributed by atoms with van der Waals surface area (Å²) in [6, 6.07) is 16.1. The van der Waals surface area contributed by atoms with E-state index in [0.29, 0.717) is 11.4 Å². The molecule has 4 nitrogen and oxygen atoms in total. The lowest BCUT2D eigenvalue weighted by Gasteiger charge is -2.06. The van der Waals surface area contributed by atoms with Crippen molar-refractivity contribution in [3.63, 3.8) is 0 Å². The number of benzene rings is 2. The van der Waals surface area contributed by atoms with Gasteiger partial charge < -0.3 is 0 Å². The average Bonchev–Trinajstić information content (AvgIpc) is 2.96. The van der Waals surface area contributed by atoms with Crippen LogP contribution in [0.3, 0.4) is 0 Å². The fraction of sp³-hybridized carbons (Fsp3) is 0.105. The first-order valence-corrected chi connectivity index (χ1v) is 7.40. The van der Waals surface area contributed by atoms with Gasteiger partial charge in [-0.2, -0.15) is 0 Å². The number of hydrogen-bond donors (Lipinski definition) is 0. The van der Waals surface area contributed by atoms with Crippen molar-refractivity contribution < 1.29 is 4.79 Å². The predicted molar refractivity (Wildman–Crippen MR) is 91.6 cm³/mol. The van der Waals surface area contributed by atoms with E-state index in [4.69, 9.17) is 0 Å². The standard InChI is InChI=1S/C19H17N3O/c1-14-10-15(2)12-17(11-14)22-19(18(13-23)20-21-22)9-8-16-6-4-3-5-7-16/h3-13H,1-2H3/b9-8+. The van der Waals surface area contributed by atoms with Gasteiger partial charge in [0, 0.05) is 0 Å². The predicted octanol–water partition coefficient (Wildman–Crippen LogP) is 3.87. The Morgan fingerprint density at radius 1 is 0.957 bits per heavy atom. The quantitative estimate of drug-likeness (QED) is 0.687. The summed E-state index contributed by atoms with van der Waals surface area (Å²) in [7, 11) is 0. The molecule has 0 spiro atoms. The van der Waals surface area contributed by atoms with Crippen molar-refractivity contribution in [2.24, 2.45) is 0 Å². The van der Waals surface area contributed by atoms with Gasteiger partial charge in [0.15, 0.2) is 12.0 Å². The minimum atomic E-state index is 0.330. The van der Waals surface area contributed by atoms with Crippen LogP contribution in [0, 0.1) is 13.8 Å². The Balaban J connectivity index is 2.07. The molecule has 0 aliphatic rings. The molecule has 0 saturated carbocycles. The van der Waals surface area contributed by atoms with E-state index in [9.17, 15) is 4.79 Å². The summed E-state index contributed by atoms with van der Waals surface area (Å²) in [6.45, 7) is 4.07. The van der Waals surface area contributed by atoms with Crippen molar-refractivity contribution in [2.75, 3.05) is 0 Å². The highest BCUT2D eigenvalue weighted by Gasteiger charge is 2.11. The second-order valence-electron chi connectivity index (χ2n) is 5.48. The van der Waals surface area contributed by atoms with E-state index in [1.54, 1.807) is 4.68 Å². The first-order valence-electron chi connectivity index (χ1n) is 7.40. The zero-order chi connectivity index (χ0) is 16.2. The second-order valence-corrected chi connectivity index (χ2v) is 5.48. The van der Waals surface area contributed by atoms with Crippen LogP contribution in [-0.4, -0.2) is 21.3 Å². The molecular formula is C19H17N3O. The third-order valence-electron chi connectivity index (χ3n) is 3.53. The maximum absolute atomic E-state index is 11.3. The maximum atomic E-state index is 11.3.